The van der Waals surface area contributed by atoms with Crippen molar-refractivity contribution in [2.24, 2.45) is 0 Å². The van der Waals surface area contributed by atoms with Gasteiger partial charge in [-0.25, -0.2) is 0 Å². The van der Waals surface area contributed by atoms with E-state index in [1.807, 2.05) is 0 Å². The lowest BCUT2D eigenvalue weighted by atomic mass is 10.2. The van der Waals surface area contributed by atoms with Crippen LogP contribution in [0, 0.1) is 11.3 Å². The summed E-state index contributed by atoms with van der Waals surface area (Å²) in [6.45, 7) is 0.526. The van der Waals surface area contributed by atoms with Crippen molar-refractivity contribution in [3.8, 4) is 6.07 Å². The molecule has 156 valence electrons. The Balaban J connectivity index is 1.90. The van der Waals surface area contributed by atoms with Crippen molar-refractivity contribution < 1.29 is 23.5 Å². The third kappa shape index (κ3) is 7.09. The lowest BCUT2D eigenvalue weighted by Crippen LogP contribution is -2.34. The Labute approximate surface area is 177 Å². The molecule has 2 aromatic rings. The maximum atomic E-state index is 11.9. The number of methoxy groups -OCH3 is 1. The fourth-order valence-electron chi connectivity index (χ4n) is 2.22. The molecule has 0 bridgehead atoms. The number of furan rings is 1. The first kappa shape index (κ1) is 22.7. The average Bonchev–Trinajstić information content (AvgIpc) is 3.17. The number of hydrogen-bond acceptors (Lipinski definition) is 6. The molecular formula is C20H19ClN4O5. The van der Waals surface area contributed by atoms with Crippen molar-refractivity contribution >= 4 is 41.1 Å². The van der Waals surface area contributed by atoms with Gasteiger partial charge in [-0.15, -0.1) is 0 Å². The van der Waals surface area contributed by atoms with E-state index in [1.54, 1.807) is 30.3 Å². The number of rotatable bonds is 8. The summed E-state index contributed by atoms with van der Waals surface area (Å²) in [5.41, 5.74) is 0.248. The summed E-state index contributed by atoms with van der Waals surface area (Å²) in [7, 11) is 1.50. The Hall–Kier alpha value is -3.61. The molecule has 9 nitrogen and oxygen atoms in total. The Bertz CT molecular complexity index is 993. The van der Waals surface area contributed by atoms with Crippen molar-refractivity contribution in [3.05, 3.63) is 58.5 Å². The zero-order valence-corrected chi connectivity index (χ0v) is 16.8. The number of nitrogens with one attached hydrogen (secondary N) is 3. The highest BCUT2D eigenvalue weighted by Gasteiger charge is 2.15. The van der Waals surface area contributed by atoms with E-state index >= 15 is 0 Å². The number of anilines is 1. The van der Waals surface area contributed by atoms with Crippen LogP contribution in [0.3, 0.4) is 0 Å². The average molecular weight is 431 g/mol. The second-order valence-corrected chi connectivity index (χ2v) is 6.31. The molecule has 0 aliphatic carbocycles. The lowest BCUT2D eigenvalue weighted by molar-refractivity contribution is -0.136. The Morgan fingerprint density at radius 2 is 1.97 bits per heavy atom. The molecule has 0 saturated carbocycles. The number of carbonyl (C=O) groups excluding carboxylic acids is 3. The summed E-state index contributed by atoms with van der Waals surface area (Å²) in [5, 5.41) is 16.9. The Morgan fingerprint density at radius 3 is 2.67 bits per heavy atom. The van der Waals surface area contributed by atoms with Crippen LogP contribution >= 0.6 is 11.6 Å². The minimum atomic E-state index is -0.862. The monoisotopic (exact) mass is 430 g/mol. The summed E-state index contributed by atoms with van der Waals surface area (Å²) >= 11 is 5.83. The van der Waals surface area contributed by atoms with Gasteiger partial charge in [0, 0.05) is 30.4 Å². The van der Waals surface area contributed by atoms with Crippen LogP contribution in [0.5, 0.6) is 0 Å². The predicted octanol–water partition coefficient (Wildman–Crippen LogP) is 1.86. The molecule has 0 radical (unpaired) electrons. The molecule has 1 aromatic carbocycles. The number of benzene rings is 1. The molecule has 3 N–H and O–H groups in total. The number of nitrogens with zero attached hydrogens (tertiary/aromatic N) is 1. The lowest BCUT2D eigenvalue weighted by Gasteiger charge is -2.05. The molecule has 2 rings (SSSR count). The SMILES string of the molecule is COCCNC(=O)/C(C#N)=C\c1ccc(CNC(=O)C(=O)Nc2cccc(Cl)c2)o1. The highest BCUT2D eigenvalue weighted by molar-refractivity contribution is 6.39. The van der Waals surface area contributed by atoms with Crippen LogP contribution in [0.1, 0.15) is 11.5 Å². The Kier molecular flexibility index (Phi) is 8.62. The topological polar surface area (TPSA) is 133 Å². The van der Waals surface area contributed by atoms with Gasteiger partial charge >= 0.3 is 11.8 Å². The number of carbonyl (C=O) groups is 3. The van der Waals surface area contributed by atoms with Crippen molar-refractivity contribution in [1.82, 2.24) is 10.6 Å². The second-order valence-electron chi connectivity index (χ2n) is 5.87. The molecule has 0 saturated heterocycles. The van der Waals surface area contributed by atoms with Crippen LogP contribution in [0.2, 0.25) is 5.02 Å². The fraction of sp³-hybridized carbons (Fsp3) is 0.200. The van der Waals surface area contributed by atoms with Crippen molar-refractivity contribution in [2.45, 2.75) is 6.54 Å². The van der Waals surface area contributed by atoms with Crippen LogP contribution in [0.25, 0.3) is 6.08 Å². The van der Waals surface area contributed by atoms with Crippen LogP contribution in [-0.2, 0) is 25.7 Å². The summed E-state index contributed by atoms with van der Waals surface area (Å²) in [5.74, 6) is -1.69. The van der Waals surface area contributed by atoms with Gasteiger partial charge in [-0.2, -0.15) is 5.26 Å². The van der Waals surface area contributed by atoms with Crippen LogP contribution in [0.4, 0.5) is 5.69 Å². The number of ether oxygens (including phenoxy) is 1. The maximum Gasteiger partial charge on any atom is 0.313 e. The van der Waals surface area contributed by atoms with E-state index < -0.39 is 17.7 Å². The van der Waals surface area contributed by atoms with Gasteiger partial charge in [-0.05, 0) is 30.3 Å². The van der Waals surface area contributed by atoms with Gasteiger partial charge in [-0.3, -0.25) is 14.4 Å². The van der Waals surface area contributed by atoms with Gasteiger partial charge in [0.2, 0.25) is 0 Å². The van der Waals surface area contributed by atoms with E-state index in [9.17, 15) is 14.4 Å². The fourth-order valence-corrected chi connectivity index (χ4v) is 2.41. The molecule has 1 aromatic heterocycles. The highest BCUT2D eigenvalue weighted by atomic mass is 35.5. The zero-order chi connectivity index (χ0) is 21.9. The zero-order valence-electron chi connectivity index (χ0n) is 16.0. The van der Waals surface area contributed by atoms with Gasteiger partial charge < -0.3 is 25.1 Å². The molecule has 0 atom stereocenters. The molecule has 0 spiro atoms. The molecule has 0 aliphatic rings. The number of nitriles is 1. The second kappa shape index (κ2) is 11.4. The first-order chi connectivity index (χ1) is 14.4. The molecule has 0 aliphatic heterocycles. The minimum Gasteiger partial charge on any atom is -0.460 e. The first-order valence-electron chi connectivity index (χ1n) is 8.75. The standard InChI is InChI=1S/C20H19ClN4O5/c1-29-8-7-23-18(26)13(11-22)9-16-5-6-17(30-16)12-24-19(27)20(28)25-15-4-2-3-14(21)10-15/h2-6,9-10H,7-8,12H2,1H3,(H,23,26)(H,24,27)(H,25,28)/b13-9-. The summed E-state index contributed by atoms with van der Waals surface area (Å²) in [4.78, 5) is 35.8. The van der Waals surface area contributed by atoms with E-state index in [1.165, 1.54) is 25.3 Å². The highest BCUT2D eigenvalue weighted by Crippen LogP contribution is 2.15. The van der Waals surface area contributed by atoms with E-state index in [2.05, 4.69) is 16.0 Å². The number of amides is 3. The molecule has 0 fully saturated rings. The Morgan fingerprint density at radius 1 is 1.17 bits per heavy atom. The molecule has 0 unspecified atom stereocenters. The van der Waals surface area contributed by atoms with E-state index in [-0.39, 0.29) is 24.4 Å². The predicted molar refractivity (Wildman–Crippen MR) is 109 cm³/mol. The molecule has 1 heterocycles. The smallest absolute Gasteiger partial charge is 0.313 e. The number of halogens is 1. The number of hydrogen-bond donors (Lipinski definition) is 3. The van der Waals surface area contributed by atoms with Crippen molar-refractivity contribution in [2.75, 3.05) is 25.6 Å². The van der Waals surface area contributed by atoms with E-state index in [0.717, 1.165) is 0 Å². The largest absolute Gasteiger partial charge is 0.460 e. The third-order valence-corrected chi connectivity index (χ3v) is 3.87. The maximum absolute atomic E-state index is 11.9. The summed E-state index contributed by atoms with van der Waals surface area (Å²) in [6.07, 6.45) is 1.28. The van der Waals surface area contributed by atoms with Crippen LogP contribution in [0.15, 0.2) is 46.4 Å². The molecule has 10 heteroatoms. The quantitative estimate of drug-likeness (QED) is 0.253. The van der Waals surface area contributed by atoms with Gasteiger partial charge in [0.15, 0.2) is 0 Å². The third-order valence-electron chi connectivity index (χ3n) is 3.64. The van der Waals surface area contributed by atoms with Gasteiger partial charge in [0.05, 0.1) is 13.2 Å². The molecule has 30 heavy (non-hydrogen) atoms. The molecule has 3 amide bonds. The van der Waals surface area contributed by atoms with E-state index in [4.69, 9.17) is 26.0 Å². The summed E-state index contributed by atoms with van der Waals surface area (Å²) < 4.78 is 10.3. The summed E-state index contributed by atoms with van der Waals surface area (Å²) in [6, 6.07) is 11.3. The van der Waals surface area contributed by atoms with Crippen LogP contribution < -0.4 is 16.0 Å². The van der Waals surface area contributed by atoms with Gasteiger partial charge in [-0.1, -0.05) is 17.7 Å². The molecular weight excluding hydrogens is 412 g/mol. The van der Waals surface area contributed by atoms with Gasteiger partial charge in [0.25, 0.3) is 5.91 Å². The normalized spacial score (nSPS) is 10.8. The van der Waals surface area contributed by atoms with E-state index in [0.29, 0.717) is 23.1 Å². The first-order valence-corrected chi connectivity index (χ1v) is 9.13. The minimum absolute atomic E-state index is 0.0580. The van der Waals surface area contributed by atoms with Crippen molar-refractivity contribution in [1.29, 1.82) is 5.26 Å². The van der Waals surface area contributed by atoms with Gasteiger partial charge in [0.1, 0.15) is 23.2 Å². The van der Waals surface area contributed by atoms with Crippen molar-refractivity contribution in [3.63, 3.8) is 0 Å². The van der Waals surface area contributed by atoms with Crippen LogP contribution in [-0.4, -0.2) is 38.0 Å².